The van der Waals surface area contributed by atoms with Crippen LogP contribution in [0.1, 0.15) is 5.56 Å². The standard InChI is InChI=1S/C13H19ClN2O2/c1-16(8-9-17)10-13(18)15-7-6-11-2-4-12(14)5-3-11/h2-5,17H,6-10H2,1H3,(H,15,18). The van der Waals surface area contributed by atoms with Crippen molar-refractivity contribution >= 4 is 17.5 Å². The highest BCUT2D eigenvalue weighted by molar-refractivity contribution is 6.30. The van der Waals surface area contributed by atoms with Crippen LogP contribution in [0.15, 0.2) is 24.3 Å². The third kappa shape index (κ3) is 6.00. The molecular weight excluding hydrogens is 252 g/mol. The van der Waals surface area contributed by atoms with Gasteiger partial charge in [-0.3, -0.25) is 9.69 Å². The summed E-state index contributed by atoms with van der Waals surface area (Å²) in [5.74, 6) is -0.0279. The van der Waals surface area contributed by atoms with Gasteiger partial charge in [-0.2, -0.15) is 0 Å². The number of aliphatic hydroxyl groups excluding tert-OH is 1. The van der Waals surface area contributed by atoms with Gasteiger partial charge in [0.15, 0.2) is 0 Å². The number of rotatable bonds is 7. The van der Waals surface area contributed by atoms with Gasteiger partial charge < -0.3 is 10.4 Å². The number of carbonyl (C=O) groups is 1. The maximum absolute atomic E-state index is 11.5. The van der Waals surface area contributed by atoms with Gasteiger partial charge in [0.05, 0.1) is 13.2 Å². The monoisotopic (exact) mass is 270 g/mol. The largest absolute Gasteiger partial charge is 0.395 e. The van der Waals surface area contributed by atoms with Crippen LogP contribution in [0.25, 0.3) is 0 Å². The molecule has 0 aromatic heterocycles. The summed E-state index contributed by atoms with van der Waals surface area (Å²) in [4.78, 5) is 13.3. The second-order valence-corrected chi connectivity index (χ2v) is 4.62. The Bertz CT molecular complexity index is 368. The van der Waals surface area contributed by atoms with Gasteiger partial charge >= 0.3 is 0 Å². The molecule has 0 aliphatic carbocycles. The Labute approximate surface area is 113 Å². The molecule has 0 spiro atoms. The van der Waals surface area contributed by atoms with Crippen LogP contribution in [0.2, 0.25) is 5.02 Å². The first-order valence-corrected chi connectivity index (χ1v) is 6.30. The molecular formula is C13H19ClN2O2. The molecule has 0 atom stereocenters. The number of nitrogens with one attached hydrogen (secondary N) is 1. The normalized spacial score (nSPS) is 10.7. The van der Waals surface area contributed by atoms with E-state index in [4.69, 9.17) is 16.7 Å². The number of amides is 1. The van der Waals surface area contributed by atoms with Gasteiger partial charge in [-0.15, -0.1) is 0 Å². The van der Waals surface area contributed by atoms with Crippen molar-refractivity contribution in [2.45, 2.75) is 6.42 Å². The van der Waals surface area contributed by atoms with E-state index in [1.807, 2.05) is 24.3 Å². The second-order valence-electron chi connectivity index (χ2n) is 4.19. The lowest BCUT2D eigenvalue weighted by Gasteiger charge is -2.14. The van der Waals surface area contributed by atoms with Crippen molar-refractivity contribution < 1.29 is 9.90 Å². The summed E-state index contributed by atoms with van der Waals surface area (Å²) in [6, 6.07) is 7.58. The summed E-state index contributed by atoms with van der Waals surface area (Å²) in [5.41, 5.74) is 1.14. The second kappa shape index (κ2) is 8.08. The molecule has 100 valence electrons. The Hall–Kier alpha value is -1.10. The van der Waals surface area contributed by atoms with Crippen molar-refractivity contribution in [3.63, 3.8) is 0 Å². The van der Waals surface area contributed by atoms with Crippen molar-refractivity contribution in [1.29, 1.82) is 0 Å². The van der Waals surface area contributed by atoms with Gasteiger partial charge in [-0.05, 0) is 31.2 Å². The van der Waals surface area contributed by atoms with Gasteiger partial charge in [0, 0.05) is 18.1 Å². The van der Waals surface area contributed by atoms with Crippen LogP contribution < -0.4 is 5.32 Å². The molecule has 0 unspecified atom stereocenters. The Morgan fingerprint density at radius 1 is 1.39 bits per heavy atom. The summed E-state index contributed by atoms with van der Waals surface area (Å²) >= 11 is 5.79. The quantitative estimate of drug-likeness (QED) is 0.775. The summed E-state index contributed by atoms with van der Waals surface area (Å²) in [5, 5.41) is 12.3. The van der Waals surface area contributed by atoms with Gasteiger partial charge in [0.1, 0.15) is 0 Å². The van der Waals surface area contributed by atoms with Crippen LogP contribution in [0.5, 0.6) is 0 Å². The fourth-order valence-corrected chi connectivity index (χ4v) is 1.67. The lowest BCUT2D eigenvalue weighted by Crippen LogP contribution is -2.37. The molecule has 0 bridgehead atoms. The van der Waals surface area contributed by atoms with E-state index in [1.165, 1.54) is 0 Å². The molecule has 18 heavy (non-hydrogen) atoms. The van der Waals surface area contributed by atoms with Crippen molar-refractivity contribution in [2.75, 3.05) is 33.3 Å². The zero-order valence-electron chi connectivity index (χ0n) is 10.5. The molecule has 0 aliphatic heterocycles. The fraction of sp³-hybridized carbons (Fsp3) is 0.462. The molecule has 2 N–H and O–H groups in total. The number of benzene rings is 1. The number of likely N-dealkylation sites (N-methyl/N-ethyl adjacent to an activating group) is 1. The first-order chi connectivity index (χ1) is 8.61. The van der Waals surface area contributed by atoms with E-state index in [-0.39, 0.29) is 12.5 Å². The van der Waals surface area contributed by atoms with Gasteiger partial charge in [-0.25, -0.2) is 0 Å². The molecule has 0 saturated heterocycles. The van der Waals surface area contributed by atoms with E-state index < -0.39 is 0 Å². The van der Waals surface area contributed by atoms with Crippen LogP contribution in [-0.4, -0.2) is 49.2 Å². The van der Waals surface area contributed by atoms with E-state index in [9.17, 15) is 4.79 Å². The van der Waals surface area contributed by atoms with E-state index in [1.54, 1.807) is 11.9 Å². The highest BCUT2D eigenvalue weighted by atomic mass is 35.5. The van der Waals surface area contributed by atoms with Crippen molar-refractivity contribution in [1.82, 2.24) is 10.2 Å². The predicted octanol–water partition coefficient (Wildman–Crippen LogP) is 0.923. The molecule has 0 fully saturated rings. The molecule has 0 heterocycles. The number of hydrogen-bond donors (Lipinski definition) is 2. The summed E-state index contributed by atoms with van der Waals surface area (Å²) in [6.45, 7) is 1.48. The maximum atomic E-state index is 11.5. The minimum atomic E-state index is -0.0279. The Morgan fingerprint density at radius 3 is 2.67 bits per heavy atom. The Morgan fingerprint density at radius 2 is 2.06 bits per heavy atom. The fourth-order valence-electron chi connectivity index (χ4n) is 1.55. The zero-order valence-corrected chi connectivity index (χ0v) is 11.3. The highest BCUT2D eigenvalue weighted by Crippen LogP contribution is 2.09. The lowest BCUT2D eigenvalue weighted by atomic mass is 10.1. The van der Waals surface area contributed by atoms with Crippen molar-refractivity contribution in [3.05, 3.63) is 34.9 Å². The minimum absolute atomic E-state index is 0.0279. The average molecular weight is 271 g/mol. The summed E-state index contributed by atoms with van der Waals surface area (Å²) in [7, 11) is 1.80. The molecule has 1 aromatic carbocycles. The number of carbonyl (C=O) groups excluding carboxylic acids is 1. The van der Waals surface area contributed by atoms with Crippen LogP contribution in [0.3, 0.4) is 0 Å². The molecule has 0 radical (unpaired) electrons. The average Bonchev–Trinajstić information content (AvgIpc) is 2.32. The summed E-state index contributed by atoms with van der Waals surface area (Å²) in [6.07, 6.45) is 0.784. The SMILES string of the molecule is CN(CCO)CC(=O)NCCc1ccc(Cl)cc1. The molecule has 1 amide bonds. The van der Waals surface area contributed by atoms with E-state index >= 15 is 0 Å². The first kappa shape index (κ1) is 15.0. The number of aliphatic hydroxyl groups is 1. The minimum Gasteiger partial charge on any atom is -0.395 e. The van der Waals surface area contributed by atoms with Crippen LogP contribution in [0.4, 0.5) is 0 Å². The number of nitrogens with zero attached hydrogens (tertiary/aromatic N) is 1. The van der Waals surface area contributed by atoms with Gasteiger partial charge in [0.2, 0.25) is 5.91 Å². The Balaban J connectivity index is 2.21. The number of halogens is 1. The third-order valence-electron chi connectivity index (χ3n) is 2.54. The first-order valence-electron chi connectivity index (χ1n) is 5.92. The molecule has 4 nitrogen and oxygen atoms in total. The molecule has 1 rings (SSSR count). The maximum Gasteiger partial charge on any atom is 0.234 e. The highest BCUT2D eigenvalue weighted by Gasteiger charge is 2.04. The van der Waals surface area contributed by atoms with Gasteiger partial charge in [-0.1, -0.05) is 23.7 Å². The van der Waals surface area contributed by atoms with Crippen LogP contribution >= 0.6 is 11.6 Å². The van der Waals surface area contributed by atoms with Gasteiger partial charge in [0.25, 0.3) is 0 Å². The topological polar surface area (TPSA) is 52.6 Å². The molecule has 1 aromatic rings. The van der Waals surface area contributed by atoms with Crippen molar-refractivity contribution in [2.24, 2.45) is 0 Å². The molecule has 0 aliphatic rings. The molecule has 5 heteroatoms. The van der Waals surface area contributed by atoms with Crippen molar-refractivity contribution in [3.8, 4) is 0 Å². The smallest absolute Gasteiger partial charge is 0.234 e. The zero-order chi connectivity index (χ0) is 13.4. The summed E-state index contributed by atoms with van der Waals surface area (Å²) < 4.78 is 0. The number of hydrogen-bond acceptors (Lipinski definition) is 3. The Kier molecular flexibility index (Phi) is 6.72. The van der Waals surface area contributed by atoms with Crippen LogP contribution in [0, 0.1) is 0 Å². The van der Waals surface area contributed by atoms with E-state index in [2.05, 4.69) is 5.32 Å². The van der Waals surface area contributed by atoms with E-state index in [0.717, 1.165) is 12.0 Å². The van der Waals surface area contributed by atoms with E-state index in [0.29, 0.717) is 24.7 Å². The third-order valence-corrected chi connectivity index (χ3v) is 2.80. The van der Waals surface area contributed by atoms with Crippen LogP contribution in [-0.2, 0) is 11.2 Å². The predicted molar refractivity (Wildman–Crippen MR) is 72.7 cm³/mol. The lowest BCUT2D eigenvalue weighted by molar-refractivity contribution is -0.121. The molecule has 0 saturated carbocycles.